The molecular weight excluding hydrogens is 444 g/mol. The molecule has 7 heteroatoms. The third-order valence-electron chi connectivity index (χ3n) is 5.56. The van der Waals surface area contributed by atoms with Gasteiger partial charge in [-0.15, -0.1) is 10.2 Å². The number of nitrogens with one attached hydrogen (secondary N) is 1. The van der Waals surface area contributed by atoms with Crippen molar-refractivity contribution in [2.24, 2.45) is 0 Å². The van der Waals surface area contributed by atoms with Crippen LogP contribution in [0.4, 0.5) is 0 Å². The standard InChI is InChI=1S/C27H30N4O2S/c1-19-7-9-20(10-8-19)16-28-24(32)18-34-26-30-29-25(31(26)17-23-6-5-15-33-23)21-11-13-22(14-12-21)27(2,3)4/h5-15H,16-18H2,1-4H3,(H,28,32). The molecule has 0 aliphatic rings. The zero-order chi connectivity index (χ0) is 24.1. The van der Waals surface area contributed by atoms with Gasteiger partial charge < -0.3 is 9.73 Å². The molecule has 0 atom stereocenters. The minimum absolute atomic E-state index is 0.0470. The first-order valence-electron chi connectivity index (χ1n) is 11.3. The zero-order valence-corrected chi connectivity index (χ0v) is 20.9. The molecule has 0 saturated heterocycles. The Balaban J connectivity index is 1.48. The van der Waals surface area contributed by atoms with Crippen molar-refractivity contribution in [1.29, 1.82) is 0 Å². The van der Waals surface area contributed by atoms with Crippen molar-refractivity contribution in [2.45, 2.75) is 51.4 Å². The highest BCUT2D eigenvalue weighted by Crippen LogP contribution is 2.28. The average molecular weight is 475 g/mol. The summed E-state index contributed by atoms with van der Waals surface area (Å²) < 4.78 is 7.58. The Labute approximate surface area is 204 Å². The number of carbonyl (C=O) groups is 1. The highest BCUT2D eigenvalue weighted by molar-refractivity contribution is 7.99. The van der Waals surface area contributed by atoms with Gasteiger partial charge >= 0.3 is 0 Å². The van der Waals surface area contributed by atoms with E-state index < -0.39 is 0 Å². The number of hydrogen-bond donors (Lipinski definition) is 1. The highest BCUT2D eigenvalue weighted by atomic mass is 32.2. The van der Waals surface area contributed by atoms with E-state index in [1.165, 1.54) is 22.9 Å². The van der Waals surface area contributed by atoms with E-state index in [9.17, 15) is 4.79 Å². The van der Waals surface area contributed by atoms with Gasteiger partial charge in [0, 0.05) is 12.1 Å². The fraction of sp³-hybridized carbons (Fsp3) is 0.296. The van der Waals surface area contributed by atoms with Crippen molar-refractivity contribution < 1.29 is 9.21 Å². The maximum Gasteiger partial charge on any atom is 0.230 e. The number of hydrogen-bond acceptors (Lipinski definition) is 5. The predicted molar refractivity (Wildman–Crippen MR) is 136 cm³/mol. The summed E-state index contributed by atoms with van der Waals surface area (Å²) >= 11 is 1.37. The molecule has 1 amide bonds. The molecule has 0 saturated carbocycles. The van der Waals surface area contributed by atoms with Crippen molar-refractivity contribution in [1.82, 2.24) is 20.1 Å². The number of benzene rings is 2. The Morgan fingerprint density at radius 1 is 1.03 bits per heavy atom. The van der Waals surface area contributed by atoms with Crippen molar-refractivity contribution in [2.75, 3.05) is 5.75 Å². The molecular formula is C27H30N4O2S. The van der Waals surface area contributed by atoms with Crippen LogP contribution in [0.15, 0.2) is 76.5 Å². The quantitative estimate of drug-likeness (QED) is 0.337. The lowest BCUT2D eigenvalue weighted by molar-refractivity contribution is -0.118. The van der Waals surface area contributed by atoms with Gasteiger partial charge in [0.2, 0.25) is 5.91 Å². The molecule has 0 fully saturated rings. The fourth-order valence-corrected chi connectivity index (χ4v) is 4.28. The van der Waals surface area contributed by atoms with Gasteiger partial charge in [0.1, 0.15) is 5.76 Å². The molecule has 4 rings (SSSR count). The second-order valence-electron chi connectivity index (χ2n) is 9.35. The van der Waals surface area contributed by atoms with E-state index in [0.717, 1.165) is 22.7 Å². The lowest BCUT2D eigenvalue weighted by Crippen LogP contribution is -2.24. The fourth-order valence-electron chi connectivity index (χ4n) is 3.52. The van der Waals surface area contributed by atoms with Crippen LogP contribution >= 0.6 is 11.8 Å². The van der Waals surface area contributed by atoms with E-state index in [1.807, 2.05) is 47.9 Å². The number of furan rings is 1. The van der Waals surface area contributed by atoms with Crippen LogP contribution in [0.1, 0.15) is 43.2 Å². The van der Waals surface area contributed by atoms with Crippen molar-refractivity contribution in [3.05, 3.63) is 89.4 Å². The number of aromatic nitrogens is 3. The summed E-state index contributed by atoms with van der Waals surface area (Å²) in [6.45, 7) is 9.62. The van der Waals surface area contributed by atoms with Gasteiger partial charge in [-0.2, -0.15) is 0 Å². The van der Waals surface area contributed by atoms with Crippen LogP contribution in [-0.4, -0.2) is 26.4 Å². The number of nitrogens with zero attached hydrogens (tertiary/aromatic N) is 3. The molecule has 0 radical (unpaired) electrons. The number of carbonyl (C=O) groups excluding carboxylic acids is 1. The van der Waals surface area contributed by atoms with Gasteiger partial charge in [0.25, 0.3) is 0 Å². The lowest BCUT2D eigenvalue weighted by Gasteiger charge is -2.19. The first-order chi connectivity index (χ1) is 16.3. The first kappa shape index (κ1) is 23.8. The number of aryl methyl sites for hydroxylation is 1. The van der Waals surface area contributed by atoms with Gasteiger partial charge in [-0.05, 0) is 35.6 Å². The summed E-state index contributed by atoms with van der Waals surface area (Å²) in [6.07, 6.45) is 1.66. The summed E-state index contributed by atoms with van der Waals surface area (Å²) in [4.78, 5) is 12.5. The minimum atomic E-state index is -0.0470. The Kier molecular flexibility index (Phi) is 7.22. The molecule has 1 N–H and O–H groups in total. The molecule has 4 aromatic rings. The monoisotopic (exact) mass is 474 g/mol. The van der Waals surface area contributed by atoms with Crippen molar-refractivity contribution >= 4 is 17.7 Å². The van der Waals surface area contributed by atoms with Crippen LogP contribution in [0.5, 0.6) is 0 Å². The summed E-state index contributed by atoms with van der Waals surface area (Å²) in [6, 6.07) is 20.3. The van der Waals surface area contributed by atoms with Crippen LogP contribution in [0.3, 0.4) is 0 Å². The number of thioether (sulfide) groups is 1. The lowest BCUT2D eigenvalue weighted by atomic mass is 9.87. The maximum atomic E-state index is 12.5. The molecule has 0 aliphatic carbocycles. The minimum Gasteiger partial charge on any atom is -0.467 e. The van der Waals surface area contributed by atoms with Crippen LogP contribution in [0.2, 0.25) is 0 Å². The summed E-state index contributed by atoms with van der Waals surface area (Å²) in [7, 11) is 0. The van der Waals surface area contributed by atoms with Crippen molar-refractivity contribution in [3.8, 4) is 11.4 Å². The zero-order valence-electron chi connectivity index (χ0n) is 20.0. The largest absolute Gasteiger partial charge is 0.467 e. The van der Waals surface area contributed by atoms with Crippen LogP contribution < -0.4 is 5.32 Å². The van der Waals surface area contributed by atoms with E-state index in [4.69, 9.17) is 4.42 Å². The molecule has 6 nitrogen and oxygen atoms in total. The topological polar surface area (TPSA) is 73.0 Å². The van der Waals surface area contributed by atoms with Crippen LogP contribution in [0, 0.1) is 6.92 Å². The van der Waals surface area contributed by atoms with Gasteiger partial charge in [-0.3, -0.25) is 9.36 Å². The normalized spacial score (nSPS) is 11.5. The Morgan fingerprint density at radius 3 is 2.41 bits per heavy atom. The van der Waals surface area contributed by atoms with Crippen LogP contribution in [-0.2, 0) is 23.3 Å². The van der Waals surface area contributed by atoms with E-state index >= 15 is 0 Å². The summed E-state index contributed by atoms with van der Waals surface area (Å²) in [5.74, 6) is 1.76. The Bertz CT molecular complexity index is 1220. The molecule has 0 spiro atoms. The van der Waals surface area contributed by atoms with E-state index in [2.05, 4.69) is 60.6 Å². The third-order valence-corrected chi connectivity index (χ3v) is 6.53. The first-order valence-corrected chi connectivity index (χ1v) is 12.3. The van der Waals surface area contributed by atoms with Gasteiger partial charge in [0.15, 0.2) is 11.0 Å². The van der Waals surface area contributed by atoms with Gasteiger partial charge in [-0.25, -0.2) is 0 Å². The average Bonchev–Trinajstić information content (AvgIpc) is 3.47. The Hall–Kier alpha value is -3.32. The molecule has 176 valence electrons. The molecule has 34 heavy (non-hydrogen) atoms. The third kappa shape index (κ3) is 5.97. The molecule has 0 aliphatic heterocycles. The van der Waals surface area contributed by atoms with E-state index in [1.54, 1.807) is 6.26 Å². The second kappa shape index (κ2) is 10.3. The van der Waals surface area contributed by atoms with Crippen molar-refractivity contribution in [3.63, 3.8) is 0 Å². The Morgan fingerprint density at radius 2 is 1.76 bits per heavy atom. The summed E-state index contributed by atoms with van der Waals surface area (Å²) in [5.41, 5.74) is 4.58. The smallest absolute Gasteiger partial charge is 0.230 e. The van der Waals surface area contributed by atoms with E-state index in [0.29, 0.717) is 18.2 Å². The predicted octanol–water partition coefficient (Wildman–Crippen LogP) is 5.60. The maximum absolute atomic E-state index is 12.5. The van der Waals surface area contributed by atoms with Gasteiger partial charge in [0.05, 0.1) is 18.6 Å². The SMILES string of the molecule is Cc1ccc(CNC(=O)CSc2nnc(-c3ccc(C(C)(C)C)cc3)n2Cc2ccco2)cc1. The molecule has 2 aromatic heterocycles. The van der Waals surface area contributed by atoms with E-state index in [-0.39, 0.29) is 17.1 Å². The number of rotatable bonds is 8. The number of amides is 1. The molecule has 0 unspecified atom stereocenters. The van der Waals surface area contributed by atoms with Crippen LogP contribution in [0.25, 0.3) is 11.4 Å². The van der Waals surface area contributed by atoms with Gasteiger partial charge in [-0.1, -0.05) is 86.6 Å². The molecule has 2 heterocycles. The highest BCUT2D eigenvalue weighted by Gasteiger charge is 2.19. The second-order valence-corrected chi connectivity index (χ2v) is 10.3. The molecule has 2 aromatic carbocycles. The molecule has 0 bridgehead atoms. The summed E-state index contributed by atoms with van der Waals surface area (Å²) in [5, 5.41) is 12.5.